The van der Waals surface area contributed by atoms with Crippen LogP contribution < -0.4 is 0 Å². The Balaban J connectivity index is 1.67. The van der Waals surface area contributed by atoms with E-state index in [0.717, 1.165) is 25.0 Å². The van der Waals surface area contributed by atoms with Crippen molar-refractivity contribution in [3.05, 3.63) is 47.6 Å². The van der Waals surface area contributed by atoms with Crippen molar-refractivity contribution in [1.82, 2.24) is 10.1 Å². The molecule has 5 heteroatoms. The monoisotopic (exact) mass is 288 g/mol. The highest BCUT2D eigenvalue weighted by Crippen LogP contribution is 2.29. The van der Waals surface area contributed by atoms with E-state index in [1.54, 1.807) is 0 Å². The standard InChI is InChI=1S/C16H20N2O3/c1-11(15(19)12-6-3-2-4-7-12)16-17-14(18-21-16)10-13-8-5-9-20-13/h2-4,6-7,11,13,15,19H,5,8-10H2,1H3. The highest BCUT2D eigenvalue weighted by molar-refractivity contribution is 5.20. The first-order chi connectivity index (χ1) is 10.2. The highest BCUT2D eigenvalue weighted by atomic mass is 16.5. The Bertz CT molecular complexity index is 564. The zero-order valence-corrected chi connectivity index (χ0v) is 12.1. The molecular weight excluding hydrogens is 268 g/mol. The van der Waals surface area contributed by atoms with Gasteiger partial charge in [-0.05, 0) is 18.4 Å². The van der Waals surface area contributed by atoms with Crippen LogP contribution in [-0.2, 0) is 11.2 Å². The fourth-order valence-electron chi connectivity index (χ4n) is 2.62. The molecule has 1 aliphatic heterocycles. The van der Waals surface area contributed by atoms with E-state index in [1.807, 2.05) is 37.3 Å². The van der Waals surface area contributed by atoms with Crippen LogP contribution in [0.1, 0.15) is 49.1 Å². The summed E-state index contributed by atoms with van der Waals surface area (Å²) in [5.41, 5.74) is 0.851. The van der Waals surface area contributed by atoms with E-state index in [9.17, 15) is 5.11 Å². The number of aliphatic hydroxyl groups is 1. The quantitative estimate of drug-likeness (QED) is 0.916. The third kappa shape index (κ3) is 3.31. The molecule has 0 radical (unpaired) electrons. The Kier molecular flexibility index (Phi) is 4.31. The van der Waals surface area contributed by atoms with Crippen molar-refractivity contribution >= 4 is 0 Å². The van der Waals surface area contributed by atoms with Gasteiger partial charge in [-0.25, -0.2) is 0 Å². The van der Waals surface area contributed by atoms with Crippen LogP contribution in [0, 0.1) is 0 Å². The first-order valence-electron chi connectivity index (χ1n) is 7.41. The lowest BCUT2D eigenvalue weighted by Gasteiger charge is -2.15. The van der Waals surface area contributed by atoms with E-state index in [4.69, 9.17) is 9.26 Å². The molecule has 1 saturated heterocycles. The van der Waals surface area contributed by atoms with Crippen LogP contribution in [-0.4, -0.2) is 28.0 Å². The number of benzene rings is 1. The van der Waals surface area contributed by atoms with Gasteiger partial charge in [0, 0.05) is 13.0 Å². The summed E-state index contributed by atoms with van der Waals surface area (Å²) >= 11 is 0. The van der Waals surface area contributed by atoms with Crippen molar-refractivity contribution in [2.45, 2.75) is 44.3 Å². The lowest BCUT2D eigenvalue weighted by molar-refractivity contribution is 0.109. The molecule has 1 aliphatic rings. The van der Waals surface area contributed by atoms with Crippen LogP contribution in [0.4, 0.5) is 0 Å². The van der Waals surface area contributed by atoms with Crippen LogP contribution in [0.2, 0.25) is 0 Å². The number of rotatable bonds is 5. The zero-order chi connectivity index (χ0) is 14.7. The summed E-state index contributed by atoms with van der Waals surface area (Å²) in [6.45, 7) is 2.71. The number of ether oxygens (including phenoxy) is 1. The van der Waals surface area contributed by atoms with E-state index in [-0.39, 0.29) is 12.0 Å². The summed E-state index contributed by atoms with van der Waals surface area (Å²) in [6, 6.07) is 9.52. The van der Waals surface area contributed by atoms with Gasteiger partial charge in [0.05, 0.1) is 18.1 Å². The SMILES string of the molecule is CC(c1nc(CC2CCCO2)no1)C(O)c1ccccc1. The molecule has 2 aromatic rings. The Morgan fingerprint density at radius 1 is 1.33 bits per heavy atom. The lowest BCUT2D eigenvalue weighted by atomic mass is 9.97. The molecule has 3 rings (SSSR count). The Morgan fingerprint density at radius 3 is 2.86 bits per heavy atom. The van der Waals surface area contributed by atoms with Crippen LogP contribution in [0.25, 0.3) is 0 Å². The maximum Gasteiger partial charge on any atom is 0.232 e. The average Bonchev–Trinajstić information content (AvgIpc) is 3.19. The van der Waals surface area contributed by atoms with Gasteiger partial charge in [-0.3, -0.25) is 0 Å². The Hall–Kier alpha value is -1.72. The van der Waals surface area contributed by atoms with Crippen molar-refractivity contribution in [1.29, 1.82) is 0 Å². The van der Waals surface area contributed by atoms with Gasteiger partial charge in [0.2, 0.25) is 5.89 Å². The van der Waals surface area contributed by atoms with E-state index in [0.29, 0.717) is 18.1 Å². The van der Waals surface area contributed by atoms with Gasteiger partial charge in [0.25, 0.3) is 0 Å². The normalized spacial score (nSPS) is 21.3. The fourth-order valence-corrected chi connectivity index (χ4v) is 2.62. The molecule has 1 aromatic carbocycles. The number of aliphatic hydroxyl groups excluding tert-OH is 1. The van der Waals surface area contributed by atoms with Crippen molar-refractivity contribution in [3.63, 3.8) is 0 Å². The second-order valence-electron chi connectivity index (χ2n) is 5.53. The van der Waals surface area contributed by atoms with Gasteiger partial charge in [0.1, 0.15) is 0 Å². The second-order valence-corrected chi connectivity index (χ2v) is 5.53. The van der Waals surface area contributed by atoms with Crippen LogP contribution in [0.15, 0.2) is 34.9 Å². The molecule has 2 heterocycles. The number of aromatic nitrogens is 2. The summed E-state index contributed by atoms with van der Waals surface area (Å²) < 4.78 is 10.9. The first-order valence-corrected chi connectivity index (χ1v) is 7.41. The van der Waals surface area contributed by atoms with Crippen molar-refractivity contribution in [2.24, 2.45) is 0 Å². The molecule has 0 saturated carbocycles. The molecule has 3 unspecified atom stereocenters. The third-order valence-electron chi connectivity index (χ3n) is 3.92. The molecule has 0 spiro atoms. The molecule has 0 aliphatic carbocycles. The van der Waals surface area contributed by atoms with Crippen molar-refractivity contribution < 1.29 is 14.4 Å². The second kappa shape index (κ2) is 6.37. The molecular formula is C16H20N2O3. The highest BCUT2D eigenvalue weighted by Gasteiger charge is 2.25. The molecule has 1 aromatic heterocycles. The summed E-state index contributed by atoms with van der Waals surface area (Å²) in [7, 11) is 0. The number of hydrogen-bond acceptors (Lipinski definition) is 5. The van der Waals surface area contributed by atoms with E-state index in [1.165, 1.54) is 0 Å². The van der Waals surface area contributed by atoms with Crippen LogP contribution in [0.5, 0.6) is 0 Å². The first kappa shape index (κ1) is 14.2. The van der Waals surface area contributed by atoms with Gasteiger partial charge in [-0.2, -0.15) is 4.98 Å². The molecule has 1 fully saturated rings. The number of hydrogen-bond donors (Lipinski definition) is 1. The molecule has 0 bridgehead atoms. The van der Waals surface area contributed by atoms with Crippen LogP contribution >= 0.6 is 0 Å². The molecule has 3 atom stereocenters. The zero-order valence-electron chi connectivity index (χ0n) is 12.1. The minimum atomic E-state index is -0.651. The van der Waals surface area contributed by atoms with Crippen molar-refractivity contribution in [2.75, 3.05) is 6.61 Å². The molecule has 5 nitrogen and oxygen atoms in total. The van der Waals surface area contributed by atoms with Crippen molar-refractivity contribution in [3.8, 4) is 0 Å². The Morgan fingerprint density at radius 2 is 2.14 bits per heavy atom. The van der Waals surface area contributed by atoms with Gasteiger partial charge in [0.15, 0.2) is 5.82 Å². The average molecular weight is 288 g/mol. The van der Waals surface area contributed by atoms with Gasteiger partial charge < -0.3 is 14.4 Å². The maximum atomic E-state index is 10.4. The molecule has 112 valence electrons. The summed E-state index contributed by atoms with van der Waals surface area (Å²) in [5.74, 6) is 0.890. The van der Waals surface area contributed by atoms with E-state index in [2.05, 4.69) is 10.1 Å². The summed E-state index contributed by atoms with van der Waals surface area (Å²) in [6.07, 6.45) is 2.37. The topological polar surface area (TPSA) is 68.4 Å². The van der Waals surface area contributed by atoms with Gasteiger partial charge >= 0.3 is 0 Å². The summed E-state index contributed by atoms with van der Waals surface area (Å²) in [5, 5.41) is 14.4. The molecule has 0 amide bonds. The van der Waals surface area contributed by atoms with E-state index < -0.39 is 6.10 Å². The summed E-state index contributed by atoms with van der Waals surface area (Å²) in [4.78, 5) is 4.40. The Labute approximate surface area is 123 Å². The molecule has 21 heavy (non-hydrogen) atoms. The smallest absolute Gasteiger partial charge is 0.232 e. The minimum absolute atomic E-state index is 0.199. The minimum Gasteiger partial charge on any atom is -0.388 e. The predicted octanol–water partition coefficient (Wildman–Crippen LogP) is 2.63. The predicted molar refractivity (Wildman–Crippen MR) is 76.8 cm³/mol. The van der Waals surface area contributed by atoms with Gasteiger partial charge in [-0.1, -0.05) is 42.4 Å². The van der Waals surface area contributed by atoms with Crippen LogP contribution in [0.3, 0.4) is 0 Å². The van der Waals surface area contributed by atoms with E-state index >= 15 is 0 Å². The lowest BCUT2D eigenvalue weighted by Crippen LogP contribution is -2.11. The third-order valence-corrected chi connectivity index (χ3v) is 3.92. The molecule has 1 N–H and O–H groups in total. The number of nitrogens with zero attached hydrogens (tertiary/aromatic N) is 2. The maximum absolute atomic E-state index is 10.4. The fraction of sp³-hybridized carbons (Fsp3) is 0.500. The van der Waals surface area contributed by atoms with Gasteiger partial charge in [-0.15, -0.1) is 0 Å². The largest absolute Gasteiger partial charge is 0.388 e.